The Morgan fingerprint density at radius 1 is 0.967 bits per heavy atom. The van der Waals surface area contributed by atoms with E-state index < -0.39 is 5.69 Å². The molecule has 0 aliphatic carbocycles. The smallest absolute Gasteiger partial charge is 0.324 e. The van der Waals surface area contributed by atoms with Crippen LogP contribution in [0.1, 0.15) is 16.0 Å². The van der Waals surface area contributed by atoms with Crippen molar-refractivity contribution in [3.8, 4) is 0 Å². The van der Waals surface area contributed by atoms with E-state index in [0.29, 0.717) is 16.6 Å². The summed E-state index contributed by atoms with van der Waals surface area (Å²) in [6, 6.07) is 11.4. The molecule has 4 rings (SSSR count). The van der Waals surface area contributed by atoms with Crippen LogP contribution >= 0.6 is 22.7 Å². The Morgan fingerprint density at radius 2 is 1.73 bits per heavy atom. The van der Waals surface area contributed by atoms with Crippen molar-refractivity contribution in [3.05, 3.63) is 84.0 Å². The molecule has 0 bridgehead atoms. The van der Waals surface area contributed by atoms with Crippen LogP contribution in [-0.2, 0) is 24.3 Å². The molecule has 3 aromatic heterocycles. The average Bonchev–Trinajstić information content (AvgIpc) is 3.40. The summed E-state index contributed by atoms with van der Waals surface area (Å²) in [5.74, 6) is -0.301. The van der Waals surface area contributed by atoms with Crippen LogP contribution < -0.4 is 16.6 Å². The summed E-state index contributed by atoms with van der Waals surface area (Å²) in [7, 11) is 0. The number of benzene rings is 1. The van der Waals surface area contributed by atoms with Crippen LogP contribution in [0.3, 0.4) is 0 Å². The summed E-state index contributed by atoms with van der Waals surface area (Å²) < 4.78 is 3.12. The Bertz CT molecular complexity index is 1310. The Morgan fingerprint density at radius 3 is 2.43 bits per heavy atom. The molecule has 0 fully saturated rings. The first-order chi connectivity index (χ1) is 14.5. The van der Waals surface area contributed by atoms with Gasteiger partial charge in [0, 0.05) is 17.1 Å². The number of carbonyl (C=O) groups is 1. The number of hydrogen-bond acceptors (Lipinski definition) is 5. The predicted molar refractivity (Wildman–Crippen MR) is 123 cm³/mol. The summed E-state index contributed by atoms with van der Waals surface area (Å²) in [5, 5.41) is 6.66. The lowest BCUT2D eigenvalue weighted by molar-refractivity contribution is -0.116. The number of para-hydroxylation sites is 1. The minimum absolute atomic E-state index is 0.154. The highest BCUT2D eigenvalue weighted by molar-refractivity contribution is 7.17. The largest absolute Gasteiger partial charge is 0.332 e. The normalized spacial score (nSPS) is 11.1. The number of aromatic nitrogens is 2. The first-order valence-electron chi connectivity index (χ1n) is 9.55. The lowest BCUT2D eigenvalue weighted by atomic mass is 10.1. The SMILES string of the molecule is Cc1cccc(C)c1NC(=O)Cn1c(=O)n(CCc2cccs2)c(=O)c2sccc21. The van der Waals surface area contributed by atoms with Crippen LogP contribution in [-0.4, -0.2) is 15.0 Å². The van der Waals surface area contributed by atoms with E-state index in [-0.39, 0.29) is 24.6 Å². The third-order valence-electron chi connectivity index (χ3n) is 5.05. The van der Waals surface area contributed by atoms with Crippen molar-refractivity contribution in [2.75, 3.05) is 5.32 Å². The molecule has 6 nitrogen and oxygen atoms in total. The quantitative estimate of drug-likeness (QED) is 0.497. The van der Waals surface area contributed by atoms with Crippen molar-refractivity contribution in [3.63, 3.8) is 0 Å². The standard InChI is InChI=1S/C22H21N3O3S2/c1-14-5-3-6-15(2)19(14)23-18(26)13-25-17-9-12-30-20(17)21(27)24(22(25)28)10-8-16-7-4-11-29-16/h3-7,9,11-12H,8,10,13H2,1-2H3,(H,23,26). The third-order valence-corrected chi connectivity index (χ3v) is 6.87. The van der Waals surface area contributed by atoms with Crippen LogP contribution in [0.5, 0.6) is 0 Å². The van der Waals surface area contributed by atoms with Gasteiger partial charge in [-0.15, -0.1) is 22.7 Å². The highest BCUT2D eigenvalue weighted by Crippen LogP contribution is 2.20. The summed E-state index contributed by atoms with van der Waals surface area (Å²) in [4.78, 5) is 39.9. The molecule has 0 atom stereocenters. The summed E-state index contributed by atoms with van der Waals surface area (Å²) in [6.07, 6.45) is 0.596. The maximum absolute atomic E-state index is 13.1. The van der Waals surface area contributed by atoms with E-state index in [9.17, 15) is 14.4 Å². The fourth-order valence-corrected chi connectivity index (χ4v) is 5.04. The van der Waals surface area contributed by atoms with Gasteiger partial charge in [0.15, 0.2) is 0 Å². The molecule has 4 aromatic rings. The highest BCUT2D eigenvalue weighted by Gasteiger charge is 2.17. The fourth-order valence-electron chi connectivity index (χ4n) is 3.49. The summed E-state index contributed by atoms with van der Waals surface area (Å²) in [5.41, 5.74) is 2.41. The van der Waals surface area contributed by atoms with Crippen LogP contribution in [0.2, 0.25) is 0 Å². The molecule has 0 unspecified atom stereocenters. The topological polar surface area (TPSA) is 73.1 Å². The van der Waals surface area contributed by atoms with E-state index in [4.69, 9.17) is 0 Å². The zero-order valence-corrected chi connectivity index (χ0v) is 18.3. The van der Waals surface area contributed by atoms with Gasteiger partial charge in [-0.3, -0.25) is 18.7 Å². The summed E-state index contributed by atoms with van der Waals surface area (Å²) >= 11 is 2.88. The molecule has 0 saturated carbocycles. The number of rotatable bonds is 6. The zero-order valence-electron chi connectivity index (χ0n) is 16.7. The lowest BCUT2D eigenvalue weighted by Crippen LogP contribution is -2.41. The van der Waals surface area contributed by atoms with E-state index in [1.165, 1.54) is 20.5 Å². The van der Waals surface area contributed by atoms with E-state index in [1.807, 2.05) is 49.6 Å². The number of fused-ring (bicyclic) bond motifs is 1. The number of anilines is 1. The Hall–Kier alpha value is -2.97. The number of thiophene rings is 2. The van der Waals surface area contributed by atoms with E-state index in [0.717, 1.165) is 21.7 Å². The van der Waals surface area contributed by atoms with Crippen LogP contribution in [0.15, 0.2) is 56.7 Å². The van der Waals surface area contributed by atoms with Gasteiger partial charge in [0.25, 0.3) is 5.56 Å². The minimum Gasteiger partial charge on any atom is -0.324 e. The van der Waals surface area contributed by atoms with Gasteiger partial charge >= 0.3 is 5.69 Å². The average molecular weight is 440 g/mol. The number of nitrogens with one attached hydrogen (secondary N) is 1. The molecule has 1 aromatic carbocycles. The van der Waals surface area contributed by atoms with Gasteiger partial charge in [-0.25, -0.2) is 4.79 Å². The van der Waals surface area contributed by atoms with E-state index in [1.54, 1.807) is 22.8 Å². The molecule has 8 heteroatoms. The first kappa shape index (κ1) is 20.3. The van der Waals surface area contributed by atoms with Gasteiger partial charge in [0.2, 0.25) is 5.91 Å². The molecule has 0 radical (unpaired) electrons. The van der Waals surface area contributed by atoms with Gasteiger partial charge in [0.1, 0.15) is 11.2 Å². The van der Waals surface area contributed by atoms with Crippen molar-refractivity contribution in [1.82, 2.24) is 9.13 Å². The monoisotopic (exact) mass is 439 g/mol. The molecular formula is C22H21N3O3S2. The number of carbonyl (C=O) groups excluding carboxylic acids is 1. The molecule has 0 aliphatic heterocycles. The van der Waals surface area contributed by atoms with Crippen molar-refractivity contribution in [1.29, 1.82) is 0 Å². The van der Waals surface area contributed by atoms with Gasteiger partial charge in [0.05, 0.1) is 5.52 Å². The first-order valence-corrected chi connectivity index (χ1v) is 11.3. The van der Waals surface area contributed by atoms with Gasteiger partial charge in [-0.05, 0) is 54.3 Å². The van der Waals surface area contributed by atoms with Crippen LogP contribution in [0.25, 0.3) is 10.2 Å². The maximum Gasteiger partial charge on any atom is 0.332 e. The second-order valence-corrected chi connectivity index (χ2v) is 9.05. The molecule has 154 valence electrons. The Labute approximate surface area is 181 Å². The molecular weight excluding hydrogens is 418 g/mol. The molecule has 1 N–H and O–H groups in total. The van der Waals surface area contributed by atoms with Crippen molar-refractivity contribution >= 4 is 44.5 Å². The Balaban J connectivity index is 1.68. The van der Waals surface area contributed by atoms with Crippen LogP contribution in [0, 0.1) is 13.8 Å². The molecule has 0 aliphatic rings. The zero-order chi connectivity index (χ0) is 21.3. The van der Waals surface area contributed by atoms with Gasteiger partial charge in [-0.2, -0.15) is 0 Å². The molecule has 1 amide bonds. The predicted octanol–water partition coefficient (Wildman–Crippen LogP) is 3.78. The highest BCUT2D eigenvalue weighted by atomic mass is 32.1. The van der Waals surface area contributed by atoms with Gasteiger partial charge in [-0.1, -0.05) is 24.3 Å². The molecule has 0 spiro atoms. The van der Waals surface area contributed by atoms with Crippen LogP contribution in [0.4, 0.5) is 5.69 Å². The number of amides is 1. The number of aryl methyl sites for hydroxylation is 3. The molecule has 3 heterocycles. The summed E-state index contributed by atoms with van der Waals surface area (Å²) in [6.45, 7) is 3.98. The second-order valence-electron chi connectivity index (χ2n) is 7.10. The van der Waals surface area contributed by atoms with Crippen molar-refractivity contribution in [2.24, 2.45) is 0 Å². The Kier molecular flexibility index (Phi) is 5.69. The number of nitrogens with zero attached hydrogens (tertiary/aromatic N) is 2. The molecule has 30 heavy (non-hydrogen) atoms. The fraction of sp³-hybridized carbons (Fsp3) is 0.227. The van der Waals surface area contributed by atoms with Gasteiger partial charge < -0.3 is 5.32 Å². The second kappa shape index (κ2) is 8.41. The van der Waals surface area contributed by atoms with Crippen molar-refractivity contribution in [2.45, 2.75) is 33.4 Å². The van der Waals surface area contributed by atoms with E-state index >= 15 is 0 Å². The van der Waals surface area contributed by atoms with E-state index in [2.05, 4.69) is 5.32 Å². The third kappa shape index (κ3) is 3.88. The maximum atomic E-state index is 13.1. The minimum atomic E-state index is -0.459. The van der Waals surface area contributed by atoms with Crippen molar-refractivity contribution < 1.29 is 4.79 Å². The molecule has 0 saturated heterocycles. The number of hydrogen-bond donors (Lipinski definition) is 1. The lowest BCUT2D eigenvalue weighted by Gasteiger charge is -2.14.